The van der Waals surface area contributed by atoms with Gasteiger partial charge in [0, 0.05) is 18.0 Å². The Kier molecular flexibility index (Phi) is 5.74. The number of amides is 1. The van der Waals surface area contributed by atoms with Crippen LogP contribution in [0.5, 0.6) is 0 Å². The Morgan fingerprint density at radius 3 is 2.24 bits per heavy atom. The summed E-state index contributed by atoms with van der Waals surface area (Å²) in [5.74, 6) is 1.61. The Morgan fingerprint density at radius 2 is 1.71 bits per heavy atom. The Balaban J connectivity index is 1.91. The lowest BCUT2D eigenvalue weighted by molar-refractivity contribution is -0.131. The monoisotopic (exact) mass is 305 g/mol. The van der Waals surface area contributed by atoms with Gasteiger partial charge in [-0.05, 0) is 49.3 Å². The van der Waals surface area contributed by atoms with Gasteiger partial charge in [-0.15, -0.1) is 11.8 Å². The summed E-state index contributed by atoms with van der Waals surface area (Å²) in [6.45, 7) is 10.6. The van der Waals surface area contributed by atoms with E-state index >= 15 is 0 Å². The highest BCUT2D eigenvalue weighted by Gasteiger charge is 2.24. The summed E-state index contributed by atoms with van der Waals surface area (Å²) in [6.07, 6.45) is 2.29. The van der Waals surface area contributed by atoms with Gasteiger partial charge in [0.15, 0.2) is 0 Å². The molecule has 0 saturated carbocycles. The third-order valence-electron chi connectivity index (χ3n) is 4.30. The lowest BCUT2D eigenvalue weighted by Gasteiger charge is -2.32. The summed E-state index contributed by atoms with van der Waals surface area (Å²) < 4.78 is 0. The third kappa shape index (κ3) is 4.50. The fourth-order valence-corrected chi connectivity index (χ4v) is 3.62. The largest absolute Gasteiger partial charge is 0.342 e. The average Bonchev–Trinajstić information content (AvgIpc) is 2.47. The maximum absolute atomic E-state index is 12.5. The first-order chi connectivity index (χ1) is 9.97. The van der Waals surface area contributed by atoms with Crippen LogP contribution in [0.1, 0.15) is 52.0 Å². The van der Waals surface area contributed by atoms with E-state index in [0.717, 1.165) is 31.8 Å². The molecule has 1 unspecified atom stereocenters. The number of piperidine rings is 1. The molecule has 2 nitrogen and oxygen atoms in total. The molecule has 1 atom stereocenters. The second-order valence-corrected chi connectivity index (χ2v) is 7.91. The van der Waals surface area contributed by atoms with Crippen molar-refractivity contribution in [3.63, 3.8) is 0 Å². The summed E-state index contributed by atoms with van der Waals surface area (Å²) in [4.78, 5) is 15.7. The van der Waals surface area contributed by atoms with Crippen molar-refractivity contribution in [2.75, 3.05) is 13.1 Å². The quantitative estimate of drug-likeness (QED) is 0.761. The molecular formula is C18H27NOS. The van der Waals surface area contributed by atoms with Crippen molar-refractivity contribution in [1.82, 2.24) is 4.90 Å². The van der Waals surface area contributed by atoms with E-state index in [1.165, 1.54) is 10.5 Å². The zero-order valence-corrected chi connectivity index (χ0v) is 14.5. The number of thioether (sulfide) groups is 1. The third-order valence-corrected chi connectivity index (χ3v) is 5.40. The molecule has 2 rings (SSSR count). The number of benzene rings is 1. The van der Waals surface area contributed by atoms with Crippen LogP contribution >= 0.6 is 11.8 Å². The number of carbonyl (C=O) groups is 1. The average molecular weight is 305 g/mol. The van der Waals surface area contributed by atoms with Gasteiger partial charge in [0.05, 0.1) is 5.25 Å². The van der Waals surface area contributed by atoms with E-state index in [4.69, 9.17) is 0 Å². The SMILES string of the molecule is CC1CCN(C(=O)C(C)Sc2ccc(C(C)C)cc2)CC1. The van der Waals surface area contributed by atoms with Crippen LogP contribution in [0, 0.1) is 5.92 Å². The van der Waals surface area contributed by atoms with Gasteiger partial charge in [0.2, 0.25) is 5.91 Å². The van der Waals surface area contributed by atoms with Gasteiger partial charge in [-0.1, -0.05) is 32.9 Å². The van der Waals surface area contributed by atoms with Gasteiger partial charge in [0.25, 0.3) is 0 Å². The van der Waals surface area contributed by atoms with Crippen LogP contribution in [0.15, 0.2) is 29.2 Å². The van der Waals surface area contributed by atoms with Crippen molar-refractivity contribution in [1.29, 1.82) is 0 Å². The fourth-order valence-electron chi connectivity index (χ4n) is 2.67. The predicted octanol–water partition coefficient (Wildman–Crippen LogP) is 4.55. The molecule has 1 aliphatic heterocycles. The summed E-state index contributed by atoms with van der Waals surface area (Å²) in [5.41, 5.74) is 1.35. The zero-order chi connectivity index (χ0) is 15.4. The minimum Gasteiger partial charge on any atom is -0.342 e. The van der Waals surface area contributed by atoms with Crippen LogP contribution in [0.4, 0.5) is 0 Å². The van der Waals surface area contributed by atoms with Crippen molar-refractivity contribution < 1.29 is 4.79 Å². The van der Waals surface area contributed by atoms with E-state index in [1.54, 1.807) is 11.8 Å². The first-order valence-corrected chi connectivity index (χ1v) is 8.90. The molecule has 0 radical (unpaired) electrons. The Morgan fingerprint density at radius 1 is 1.14 bits per heavy atom. The minimum absolute atomic E-state index is 0.00306. The van der Waals surface area contributed by atoms with E-state index in [9.17, 15) is 4.79 Å². The van der Waals surface area contributed by atoms with E-state index < -0.39 is 0 Å². The van der Waals surface area contributed by atoms with Crippen LogP contribution in [0.2, 0.25) is 0 Å². The lowest BCUT2D eigenvalue weighted by atomic mass is 9.99. The van der Waals surface area contributed by atoms with Gasteiger partial charge in [-0.3, -0.25) is 4.79 Å². The van der Waals surface area contributed by atoms with Crippen LogP contribution in [-0.2, 0) is 4.79 Å². The van der Waals surface area contributed by atoms with Crippen molar-refractivity contribution in [2.24, 2.45) is 5.92 Å². The molecule has 21 heavy (non-hydrogen) atoms. The van der Waals surface area contributed by atoms with E-state index in [0.29, 0.717) is 11.8 Å². The molecule has 1 amide bonds. The summed E-state index contributed by atoms with van der Waals surface area (Å²) in [7, 11) is 0. The maximum Gasteiger partial charge on any atom is 0.235 e. The number of hydrogen-bond acceptors (Lipinski definition) is 2. The summed E-state index contributed by atoms with van der Waals surface area (Å²) >= 11 is 1.68. The topological polar surface area (TPSA) is 20.3 Å². The Bertz CT molecular complexity index is 461. The standard InChI is InChI=1S/C18H27NOS/c1-13(2)16-5-7-17(8-6-16)21-15(4)18(20)19-11-9-14(3)10-12-19/h5-8,13-15H,9-12H2,1-4H3. The second kappa shape index (κ2) is 7.35. The van der Waals surface area contributed by atoms with Crippen molar-refractivity contribution in [3.8, 4) is 0 Å². The van der Waals surface area contributed by atoms with Gasteiger partial charge >= 0.3 is 0 Å². The number of rotatable bonds is 4. The smallest absolute Gasteiger partial charge is 0.235 e. The molecule has 116 valence electrons. The molecule has 1 fully saturated rings. The molecule has 1 aromatic carbocycles. The first kappa shape index (κ1) is 16.4. The second-order valence-electron chi connectivity index (χ2n) is 6.49. The van der Waals surface area contributed by atoms with Crippen LogP contribution in [0.25, 0.3) is 0 Å². The molecule has 1 aliphatic rings. The van der Waals surface area contributed by atoms with Gasteiger partial charge in [-0.25, -0.2) is 0 Å². The maximum atomic E-state index is 12.5. The summed E-state index contributed by atoms with van der Waals surface area (Å²) in [5, 5.41) is 0.00306. The molecule has 0 bridgehead atoms. The Hall–Kier alpha value is -0.960. The highest BCUT2D eigenvalue weighted by atomic mass is 32.2. The van der Waals surface area contributed by atoms with E-state index in [1.807, 2.05) is 11.8 Å². The van der Waals surface area contributed by atoms with E-state index in [-0.39, 0.29) is 5.25 Å². The molecular weight excluding hydrogens is 278 g/mol. The van der Waals surface area contributed by atoms with E-state index in [2.05, 4.69) is 45.0 Å². The zero-order valence-electron chi connectivity index (χ0n) is 13.6. The molecule has 1 saturated heterocycles. The molecule has 0 aliphatic carbocycles. The van der Waals surface area contributed by atoms with Crippen molar-refractivity contribution in [3.05, 3.63) is 29.8 Å². The van der Waals surface area contributed by atoms with Crippen LogP contribution in [0.3, 0.4) is 0 Å². The number of likely N-dealkylation sites (tertiary alicyclic amines) is 1. The minimum atomic E-state index is 0.00306. The normalized spacial score (nSPS) is 18.0. The summed E-state index contributed by atoms with van der Waals surface area (Å²) in [6, 6.07) is 8.63. The number of hydrogen-bond donors (Lipinski definition) is 0. The molecule has 3 heteroatoms. The lowest BCUT2D eigenvalue weighted by Crippen LogP contribution is -2.41. The first-order valence-electron chi connectivity index (χ1n) is 8.02. The van der Waals surface area contributed by atoms with Gasteiger partial charge in [-0.2, -0.15) is 0 Å². The van der Waals surface area contributed by atoms with Crippen molar-refractivity contribution >= 4 is 17.7 Å². The molecule has 1 aromatic rings. The Labute approximate surface area is 133 Å². The van der Waals surface area contributed by atoms with Crippen molar-refractivity contribution in [2.45, 2.75) is 56.6 Å². The molecule has 0 aromatic heterocycles. The molecule has 1 heterocycles. The highest BCUT2D eigenvalue weighted by molar-refractivity contribution is 8.00. The van der Waals surface area contributed by atoms with Gasteiger partial charge < -0.3 is 4.90 Å². The number of carbonyl (C=O) groups excluding carboxylic acids is 1. The fraction of sp³-hybridized carbons (Fsp3) is 0.611. The number of nitrogens with zero attached hydrogens (tertiary/aromatic N) is 1. The molecule has 0 N–H and O–H groups in total. The van der Waals surface area contributed by atoms with Crippen LogP contribution in [-0.4, -0.2) is 29.1 Å². The predicted molar refractivity (Wildman–Crippen MR) is 90.8 cm³/mol. The highest BCUT2D eigenvalue weighted by Crippen LogP contribution is 2.27. The molecule has 0 spiro atoms. The van der Waals surface area contributed by atoms with Gasteiger partial charge in [0.1, 0.15) is 0 Å². The van der Waals surface area contributed by atoms with Crippen LogP contribution < -0.4 is 0 Å².